The van der Waals surface area contributed by atoms with E-state index < -0.39 is 0 Å². The number of nitrogens with one attached hydrogen (secondary N) is 2. The highest BCUT2D eigenvalue weighted by Gasteiger charge is 2.06. The first-order valence-corrected chi connectivity index (χ1v) is 5.66. The number of furan rings is 1. The lowest BCUT2D eigenvalue weighted by Crippen LogP contribution is -2.00. The molecule has 0 radical (unpaired) electrons. The van der Waals surface area contributed by atoms with Crippen LogP contribution in [-0.4, -0.2) is 15.2 Å². The second-order valence-electron chi connectivity index (χ2n) is 3.82. The average molecular weight is 240 g/mol. The monoisotopic (exact) mass is 240 g/mol. The van der Waals surface area contributed by atoms with Crippen molar-refractivity contribution in [3.8, 4) is 11.6 Å². The lowest BCUT2D eigenvalue weighted by atomic mass is 10.2. The third-order valence-corrected chi connectivity index (χ3v) is 2.53. The van der Waals surface area contributed by atoms with E-state index in [2.05, 4.69) is 20.5 Å². The van der Waals surface area contributed by atoms with Crippen molar-refractivity contribution in [2.75, 3.05) is 5.32 Å². The summed E-state index contributed by atoms with van der Waals surface area (Å²) in [6, 6.07) is 13.7. The molecule has 1 aromatic carbocycles. The van der Waals surface area contributed by atoms with E-state index in [9.17, 15) is 0 Å². The van der Waals surface area contributed by atoms with Crippen LogP contribution < -0.4 is 5.32 Å². The van der Waals surface area contributed by atoms with Crippen LogP contribution in [-0.2, 0) is 6.54 Å². The van der Waals surface area contributed by atoms with Gasteiger partial charge in [0.25, 0.3) is 0 Å². The van der Waals surface area contributed by atoms with Crippen molar-refractivity contribution in [1.82, 2.24) is 15.2 Å². The Bertz CT molecular complexity index is 601. The second kappa shape index (κ2) is 4.75. The number of rotatable bonds is 4. The van der Waals surface area contributed by atoms with Crippen LogP contribution in [0.4, 0.5) is 5.95 Å². The predicted molar refractivity (Wildman–Crippen MR) is 67.9 cm³/mol. The first kappa shape index (κ1) is 10.6. The predicted octanol–water partition coefficient (Wildman–Crippen LogP) is 2.68. The summed E-state index contributed by atoms with van der Waals surface area (Å²) >= 11 is 0. The Morgan fingerprint density at radius 2 is 2.00 bits per heavy atom. The third kappa shape index (κ3) is 2.24. The van der Waals surface area contributed by atoms with E-state index in [0.717, 1.165) is 0 Å². The lowest BCUT2D eigenvalue weighted by molar-refractivity contribution is 0.577. The van der Waals surface area contributed by atoms with Gasteiger partial charge in [-0.3, -0.25) is 5.10 Å². The SMILES string of the molecule is c1ccc(CNc2n[nH]c(-c3ccco3)n2)cc1. The first-order valence-electron chi connectivity index (χ1n) is 5.66. The smallest absolute Gasteiger partial charge is 0.242 e. The van der Waals surface area contributed by atoms with E-state index in [1.807, 2.05) is 42.5 Å². The molecule has 0 atom stereocenters. The molecule has 18 heavy (non-hydrogen) atoms. The number of hydrogen-bond acceptors (Lipinski definition) is 4. The Labute approximate surface area is 104 Å². The highest BCUT2D eigenvalue weighted by molar-refractivity contribution is 5.48. The molecule has 0 aliphatic heterocycles. The number of aromatic amines is 1. The molecule has 0 aliphatic rings. The highest BCUT2D eigenvalue weighted by atomic mass is 16.3. The van der Waals surface area contributed by atoms with Crippen molar-refractivity contribution < 1.29 is 4.42 Å². The molecule has 90 valence electrons. The van der Waals surface area contributed by atoms with Crippen molar-refractivity contribution in [2.45, 2.75) is 6.54 Å². The van der Waals surface area contributed by atoms with Gasteiger partial charge in [0.2, 0.25) is 5.95 Å². The van der Waals surface area contributed by atoms with Crippen LogP contribution in [0, 0.1) is 0 Å². The molecule has 0 saturated heterocycles. The molecule has 0 bridgehead atoms. The zero-order valence-corrected chi connectivity index (χ0v) is 9.63. The van der Waals surface area contributed by atoms with E-state index in [-0.39, 0.29) is 0 Å². The summed E-state index contributed by atoms with van der Waals surface area (Å²) in [5.41, 5.74) is 1.18. The number of benzene rings is 1. The summed E-state index contributed by atoms with van der Waals surface area (Å²) in [7, 11) is 0. The van der Waals surface area contributed by atoms with Gasteiger partial charge in [-0.2, -0.15) is 4.98 Å². The summed E-state index contributed by atoms with van der Waals surface area (Å²) in [6.45, 7) is 0.691. The van der Waals surface area contributed by atoms with Gasteiger partial charge in [-0.05, 0) is 17.7 Å². The molecule has 0 saturated carbocycles. The van der Waals surface area contributed by atoms with E-state index in [1.54, 1.807) is 6.26 Å². The Morgan fingerprint density at radius 1 is 1.11 bits per heavy atom. The zero-order valence-electron chi connectivity index (χ0n) is 9.63. The minimum atomic E-state index is 0.560. The van der Waals surface area contributed by atoms with Crippen LogP contribution in [0.1, 0.15) is 5.56 Å². The normalized spacial score (nSPS) is 10.4. The molecule has 5 heteroatoms. The summed E-state index contributed by atoms with van der Waals surface area (Å²) < 4.78 is 5.23. The van der Waals surface area contributed by atoms with Gasteiger partial charge in [0.15, 0.2) is 11.6 Å². The van der Waals surface area contributed by atoms with Crippen molar-refractivity contribution in [3.05, 3.63) is 54.3 Å². The van der Waals surface area contributed by atoms with Crippen LogP contribution in [0.3, 0.4) is 0 Å². The summed E-state index contributed by atoms with van der Waals surface area (Å²) in [5, 5.41) is 10.1. The lowest BCUT2D eigenvalue weighted by Gasteiger charge is -2.00. The number of aromatic nitrogens is 3. The maximum absolute atomic E-state index is 5.23. The van der Waals surface area contributed by atoms with E-state index in [4.69, 9.17) is 4.42 Å². The van der Waals surface area contributed by atoms with Crippen LogP contribution in [0.25, 0.3) is 11.6 Å². The largest absolute Gasteiger partial charge is 0.461 e. The molecular weight excluding hydrogens is 228 g/mol. The minimum Gasteiger partial charge on any atom is -0.461 e. The minimum absolute atomic E-state index is 0.560. The molecule has 2 N–H and O–H groups in total. The summed E-state index contributed by atoms with van der Waals surface area (Å²) in [6.07, 6.45) is 1.61. The molecule has 0 unspecified atom stereocenters. The van der Waals surface area contributed by atoms with Gasteiger partial charge in [0.05, 0.1) is 6.26 Å². The standard InChI is InChI=1S/C13H12N4O/c1-2-5-10(6-3-1)9-14-13-15-12(16-17-13)11-7-4-8-18-11/h1-8H,9H2,(H2,14,15,16,17). The van der Waals surface area contributed by atoms with Crippen LogP contribution >= 0.6 is 0 Å². The van der Waals surface area contributed by atoms with Crippen LogP contribution in [0.15, 0.2) is 53.1 Å². The maximum atomic E-state index is 5.23. The Hall–Kier alpha value is -2.56. The second-order valence-corrected chi connectivity index (χ2v) is 3.82. The fourth-order valence-corrected chi connectivity index (χ4v) is 1.64. The van der Waals surface area contributed by atoms with E-state index >= 15 is 0 Å². The number of hydrogen-bond donors (Lipinski definition) is 2. The van der Waals surface area contributed by atoms with E-state index in [1.165, 1.54) is 5.56 Å². The first-order chi connectivity index (χ1) is 8.92. The quantitative estimate of drug-likeness (QED) is 0.735. The molecule has 0 aliphatic carbocycles. The van der Waals surface area contributed by atoms with E-state index in [0.29, 0.717) is 24.1 Å². The fraction of sp³-hybridized carbons (Fsp3) is 0.0769. The average Bonchev–Trinajstić information content (AvgIpc) is 3.08. The van der Waals surface area contributed by atoms with Gasteiger partial charge in [-0.15, -0.1) is 5.10 Å². The van der Waals surface area contributed by atoms with Crippen molar-refractivity contribution in [2.24, 2.45) is 0 Å². The van der Waals surface area contributed by atoms with Crippen molar-refractivity contribution in [3.63, 3.8) is 0 Å². The molecule has 0 spiro atoms. The molecular formula is C13H12N4O. The molecule has 0 fully saturated rings. The zero-order chi connectivity index (χ0) is 12.2. The highest BCUT2D eigenvalue weighted by Crippen LogP contribution is 2.16. The topological polar surface area (TPSA) is 66.7 Å². The van der Waals surface area contributed by atoms with Gasteiger partial charge in [0.1, 0.15) is 0 Å². The summed E-state index contributed by atoms with van der Waals surface area (Å²) in [4.78, 5) is 4.30. The molecule has 2 heterocycles. The molecule has 3 aromatic rings. The Balaban J connectivity index is 1.68. The number of nitrogens with zero attached hydrogens (tertiary/aromatic N) is 2. The van der Waals surface area contributed by atoms with Gasteiger partial charge in [0, 0.05) is 6.54 Å². The number of H-pyrrole nitrogens is 1. The van der Waals surface area contributed by atoms with Gasteiger partial charge in [-0.1, -0.05) is 30.3 Å². The molecule has 0 amide bonds. The Morgan fingerprint density at radius 3 is 2.78 bits per heavy atom. The third-order valence-electron chi connectivity index (χ3n) is 2.53. The Kier molecular flexibility index (Phi) is 2.79. The maximum Gasteiger partial charge on any atom is 0.242 e. The van der Waals surface area contributed by atoms with Crippen molar-refractivity contribution >= 4 is 5.95 Å². The fourth-order valence-electron chi connectivity index (χ4n) is 1.64. The molecule has 5 nitrogen and oxygen atoms in total. The van der Waals surface area contributed by atoms with Gasteiger partial charge in [-0.25, -0.2) is 0 Å². The number of anilines is 1. The van der Waals surface area contributed by atoms with Crippen LogP contribution in [0.5, 0.6) is 0 Å². The van der Waals surface area contributed by atoms with Gasteiger partial charge >= 0.3 is 0 Å². The molecule has 2 aromatic heterocycles. The van der Waals surface area contributed by atoms with Crippen LogP contribution in [0.2, 0.25) is 0 Å². The van der Waals surface area contributed by atoms with Crippen molar-refractivity contribution in [1.29, 1.82) is 0 Å². The van der Waals surface area contributed by atoms with Gasteiger partial charge < -0.3 is 9.73 Å². The summed E-state index contributed by atoms with van der Waals surface area (Å²) in [5.74, 6) is 1.86. The molecule has 3 rings (SSSR count).